The lowest BCUT2D eigenvalue weighted by Gasteiger charge is -2.19. The molecule has 0 bridgehead atoms. The SMILES string of the molecule is COc1ccccc1N1C(=O)C(=O)c2ccccc21. The molecule has 1 aliphatic rings. The van der Waals surface area contributed by atoms with E-state index in [1.54, 1.807) is 42.5 Å². The Kier molecular flexibility index (Phi) is 2.56. The molecule has 0 radical (unpaired) electrons. The smallest absolute Gasteiger partial charge is 0.304 e. The second kappa shape index (κ2) is 4.24. The van der Waals surface area contributed by atoms with Gasteiger partial charge in [0.05, 0.1) is 24.0 Å². The van der Waals surface area contributed by atoms with Crippen LogP contribution in [0, 0.1) is 0 Å². The number of amides is 1. The van der Waals surface area contributed by atoms with Crippen LogP contribution < -0.4 is 9.64 Å². The van der Waals surface area contributed by atoms with Crippen LogP contribution >= 0.6 is 0 Å². The van der Waals surface area contributed by atoms with Crippen LogP contribution in [0.5, 0.6) is 5.75 Å². The molecule has 19 heavy (non-hydrogen) atoms. The van der Waals surface area contributed by atoms with E-state index in [9.17, 15) is 9.59 Å². The van der Waals surface area contributed by atoms with Crippen molar-refractivity contribution in [1.29, 1.82) is 0 Å². The van der Waals surface area contributed by atoms with Gasteiger partial charge in [-0.2, -0.15) is 0 Å². The highest BCUT2D eigenvalue weighted by Gasteiger charge is 2.37. The van der Waals surface area contributed by atoms with Crippen molar-refractivity contribution in [3.8, 4) is 5.75 Å². The summed E-state index contributed by atoms with van der Waals surface area (Å²) in [7, 11) is 1.53. The van der Waals surface area contributed by atoms with E-state index in [2.05, 4.69) is 0 Å². The minimum Gasteiger partial charge on any atom is -0.495 e. The van der Waals surface area contributed by atoms with Gasteiger partial charge in [-0.05, 0) is 24.3 Å². The lowest BCUT2D eigenvalue weighted by atomic mass is 10.1. The third kappa shape index (κ3) is 1.61. The lowest BCUT2D eigenvalue weighted by molar-refractivity contribution is -0.113. The van der Waals surface area contributed by atoms with Gasteiger partial charge in [-0.1, -0.05) is 24.3 Å². The van der Waals surface area contributed by atoms with Crippen molar-refractivity contribution >= 4 is 23.1 Å². The summed E-state index contributed by atoms with van der Waals surface area (Å²) >= 11 is 0. The molecule has 0 spiro atoms. The number of hydrogen-bond acceptors (Lipinski definition) is 3. The number of hydrogen-bond donors (Lipinski definition) is 0. The van der Waals surface area contributed by atoms with Crippen LogP contribution in [-0.2, 0) is 4.79 Å². The fraction of sp³-hybridized carbons (Fsp3) is 0.0667. The molecule has 0 unspecified atom stereocenters. The van der Waals surface area contributed by atoms with Crippen molar-refractivity contribution in [1.82, 2.24) is 0 Å². The molecule has 0 aromatic heterocycles. The highest BCUT2D eigenvalue weighted by Crippen LogP contribution is 2.39. The van der Waals surface area contributed by atoms with Crippen molar-refractivity contribution in [2.45, 2.75) is 0 Å². The minimum absolute atomic E-state index is 0.429. The van der Waals surface area contributed by atoms with E-state index in [4.69, 9.17) is 4.74 Å². The van der Waals surface area contributed by atoms with Gasteiger partial charge in [0.25, 0.3) is 5.78 Å². The number of carbonyl (C=O) groups is 2. The number of methoxy groups -OCH3 is 1. The van der Waals surface area contributed by atoms with Crippen molar-refractivity contribution < 1.29 is 14.3 Å². The second-order valence-corrected chi connectivity index (χ2v) is 4.16. The van der Waals surface area contributed by atoms with Crippen molar-refractivity contribution in [2.24, 2.45) is 0 Å². The number of ether oxygens (including phenoxy) is 1. The molecule has 1 amide bonds. The fourth-order valence-corrected chi connectivity index (χ4v) is 2.24. The van der Waals surface area contributed by atoms with E-state index in [1.807, 2.05) is 6.07 Å². The number of benzene rings is 2. The number of nitrogens with zero attached hydrogens (tertiary/aromatic N) is 1. The summed E-state index contributed by atoms with van der Waals surface area (Å²) in [5, 5.41) is 0. The number of rotatable bonds is 2. The molecule has 0 N–H and O–H groups in total. The predicted octanol–water partition coefficient (Wildman–Crippen LogP) is 2.56. The quantitative estimate of drug-likeness (QED) is 0.773. The van der Waals surface area contributed by atoms with Gasteiger partial charge in [0.2, 0.25) is 0 Å². The average Bonchev–Trinajstić information content (AvgIpc) is 2.71. The number of carbonyl (C=O) groups excluding carboxylic acids is 2. The largest absolute Gasteiger partial charge is 0.495 e. The second-order valence-electron chi connectivity index (χ2n) is 4.16. The Morgan fingerprint density at radius 1 is 0.895 bits per heavy atom. The molecular formula is C15H11NO3. The number of fused-ring (bicyclic) bond motifs is 1. The number of ketones is 1. The van der Waals surface area contributed by atoms with Gasteiger partial charge in [0, 0.05) is 0 Å². The predicted molar refractivity (Wildman–Crippen MR) is 70.9 cm³/mol. The number of anilines is 2. The molecule has 0 fully saturated rings. The Hall–Kier alpha value is -2.62. The van der Waals surface area contributed by atoms with Gasteiger partial charge in [0.1, 0.15) is 5.75 Å². The Bertz CT molecular complexity index is 679. The summed E-state index contributed by atoms with van der Waals surface area (Å²) < 4.78 is 5.25. The van der Waals surface area contributed by atoms with Gasteiger partial charge < -0.3 is 4.74 Å². The third-order valence-electron chi connectivity index (χ3n) is 3.11. The lowest BCUT2D eigenvalue weighted by Crippen LogP contribution is -2.25. The van der Waals surface area contributed by atoms with Crippen LogP contribution in [-0.4, -0.2) is 18.8 Å². The number of Topliss-reactive ketones (excluding diaryl/α,β-unsaturated/α-hetero) is 1. The first-order valence-corrected chi connectivity index (χ1v) is 5.85. The standard InChI is InChI=1S/C15H11NO3/c1-19-13-9-5-4-8-12(13)16-11-7-3-2-6-10(11)14(17)15(16)18/h2-9H,1H3. The summed E-state index contributed by atoms with van der Waals surface area (Å²) in [6.45, 7) is 0. The highest BCUT2D eigenvalue weighted by atomic mass is 16.5. The zero-order valence-electron chi connectivity index (χ0n) is 10.3. The molecule has 94 valence electrons. The normalized spacial score (nSPS) is 13.6. The summed E-state index contributed by atoms with van der Waals surface area (Å²) in [6.07, 6.45) is 0. The Morgan fingerprint density at radius 2 is 1.53 bits per heavy atom. The van der Waals surface area contributed by atoms with Crippen LogP contribution in [0.2, 0.25) is 0 Å². The summed E-state index contributed by atoms with van der Waals surface area (Å²) in [5.74, 6) is -0.479. The first-order chi connectivity index (χ1) is 9.24. The zero-order chi connectivity index (χ0) is 13.4. The van der Waals surface area contributed by atoms with E-state index < -0.39 is 11.7 Å². The van der Waals surface area contributed by atoms with Gasteiger partial charge in [-0.15, -0.1) is 0 Å². The first-order valence-electron chi connectivity index (χ1n) is 5.85. The molecule has 0 saturated carbocycles. The van der Waals surface area contributed by atoms with E-state index in [0.29, 0.717) is 22.7 Å². The topological polar surface area (TPSA) is 46.6 Å². The molecule has 4 nitrogen and oxygen atoms in total. The Balaban J connectivity index is 2.21. The monoisotopic (exact) mass is 253 g/mol. The molecule has 1 heterocycles. The molecule has 4 heteroatoms. The maximum absolute atomic E-state index is 12.2. The first kappa shape index (κ1) is 11.5. The molecule has 3 rings (SSSR count). The number of para-hydroxylation sites is 3. The van der Waals surface area contributed by atoms with Gasteiger partial charge in [0.15, 0.2) is 0 Å². The molecule has 0 atom stereocenters. The van der Waals surface area contributed by atoms with Crippen LogP contribution in [0.1, 0.15) is 10.4 Å². The van der Waals surface area contributed by atoms with Crippen molar-refractivity contribution in [2.75, 3.05) is 12.0 Å². The van der Waals surface area contributed by atoms with Crippen LogP contribution in [0.25, 0.3) is 0 Å². The summed E-state index contributed by atoms with van der Waals surface area (Å²) in [4.78, 5) is 25.5. The summed E-state index contributed by atoms with van der Waals surface area (Å²) in [6, 6.07) is 14.1. The molecule has 2 aromatic rings. The minimum atomic E-state index is -0.550. The molecule has 0 aliphatic carbocycles. The van der Waals surface area contributed by atoms with E-state index in [1.165, 1.54) is 12.0 Å². The Morgan fingerprint density at radius 3 is 2.26 bits per heavy atom. The maximum atomic E-state index is 12.2. The summed E-state index contributed by atoms with van der Waals surface area (Å²) in [5.41, 5.74) is 1.61. The zero-order valence-corrected chi connectivity index (χ0v) is 10.3. The highest BCUT2D eigenvalue weighted by molar-refractivity contribution is 6.53. The van der Waals surface area contributed by atoms with E-state index in [-0.39, 0.29) is 0 Å². The van der Waals surface area contributed by atoms with Crippen LogP contribution in [0.15, 0.2) is 48.5 Å². The van der Waals surface area contributed by atoms with Gasteiger partial charge in [-0.25, -0.2) is 0 Å². The van der Waals surface area contributed by atoms with E-state index in [0.717, 1.165) is 0 Å². The van der Waals surface area contributed by atoms with Crippen molar-refractivity contribution in [3.63, 3.8) is 0 Å². The van der Waals surface area contributed by atoms with Crippen LogP contribution in [0.3, 0.4) is 0 Å². The molecule has 0 saturated heterocycles. The third-order valence-corrected chi connectivity index (χ3v) is 3.11. The average molecular weight is 253 g/mol. The van der Waals surface area contributed by atoms with Crippen LogP contribution in [0.4, 0.5) is 11.4 Å². The maximum Gasteiger partial charge on any atom is 0.304 e. The fourth-order valence-electron chi connectivity index (χ4n) is 2.24. The van der Waals surface area contributed by atoms with Crippen molar-refractivity contribution in [3.05, 3.63) is 54.1 Å². The molecule has 2 aromatic carbocycles. The van der Waals surface area contributed by atoms with Gasteiger partial charge >= 0.3 is 5.91 Å². The molecule has 1 aliphatic heterocycles. The van der Waals surface area contributed by atoms with Gasteiger partial charge in [-0.3, -0.25) is 14.5 Å². The Labute approximate surface area is 110 Å². The molecular weight excluding hydrogens is 242 g/mol. The van der Waals surface area contributed by atoms with E-state index >= 15 is 0 Å².